The predicted octanol–water partition coefficient (Wildman–Crippen LogP) is 2.13. The summed E-state index contributed by atoms with van der Waals surface area (Å²) in [6, 6.07) is 8.61. The molecule has 0 atom stereocenters. The van der Waals surface area contributed by atoms with E-state index in [9.17, 15) is 4.79 Å². The molecule has 20 heavy (non-hydrogen) atoms. The van der Waals surface area contributed by atoms with Crippen molar-refractivity contribution < 1.29 is 4.74 Å². The standard InChI is InChI=1S/C14H12ClN3O2/c1-9-5-13(19)18(14(17-9)20-2)8-11-4-3-10(7-16)6-12(11)15/h3-6H,8H2,1-2H3. The Morgan fingerprint density at radius 1 is 1.45 bits per heavy atom. The van der Waals surface area contributed by atoms with Gasteiger partial charge in [0.25, 0.3) is 11.6 Å². The molecular formula is C14H12ClN3O2. The molecule has 0 saturated heterocycles. The van der Waals surface area contributed by atoms with E-state index in [0.29, 0.717) is 16.3 Å². The van der Waals surface area contributed by atoms with Gasteiger partial charge in [-0.3, -0.25) is 9.36 Å². The first-order valence-corrected chi connectivity index (χ1v) is 6.24. The maximum atomic E-state index is 12.0. The first kappa shape index (κ1) is 14.1. The summed E-state index contributed by atoms with van der Waals surface area (Å²) in [5.41, 5.74) is 1.57. The van der Waals surface area contributed by atoms with Crippen LogP contribution in [0.1, 0.15) is 16.8 Å². The van der Waals surface area contributed by atoms with E-state index in [0.717, 1.165) is 5.56 Å². The number of rotatable bonds is 3. The lowest BCUT2D eigenvalue weighted by Gasteiger charge is -2.12. The summed E-state index contributed by atoms with van der Waals surface area (Å²) in [6.07, 6.45) is 0. The molecule has 0 N–H and O–H groups in total. The monoisotopic (exact) mass is 289 g/mol. The van der Waals surface area contributed by atoms with E-state index in [1.165, 1.54) is 17.7 Å². The highest BCUT2D eigenvalue weighted by atomic mass is 35.5. The second kappa shape index (κ2) is 5.76. The van der Waals surface area contributed by atoms with Crippen LogP contribution in [0.25, 0.3) is 0 Å². The van der Waals surface area contributed by atoms with E-state index in [1.54, 1.807) is 25.1 Å². The minimum atomic E-state index is -0.213. The lowest BCUT2D eigenvalue weighted by atomic mass is 10.1. The highest BCUT2D eigenvalue weighted by molar-refractivity contribution is 6.31. The Morgan fingerprint density at radius 3 is 2.80 bits per heavy atom. The molecule has 1 aromatic carbocycles. The van der Waals surface area contributed by atoms with E-state index in [-0.39, 0.29) is 18.1 Å². The van der Waals surface area contributed by atoms with Gasteiger partial charge < -0.3 is 4.74 Å². The molecule has 0 amide bonds. The predicted molar refractivity (Wildman–Crippen MR) is 75.1 cm³/mol. The maximum Gasteiger partial charge on any atom is 0.299 e. The molecule has 0 saturated carbocycles. The molecule has 2 rings (SSSR count). The fourth-order valence-electron chi connectivity index (χ4n) is 1.81. The fraction of sp³-hybridized carbons (Fsp3) is 0.214. The van der Waals surface area contributed by atoms with Crippen molar-refractivity contribution in [2.45, 2.75) is 13.5 Å². The van der Waals surface area contributed by atoms with Crippen molar-refractivity contribution in [2.75, 3.05) is 7.11 Å². The minimum Gasteiger partial charge on any atom is -0.468 e. The molecule has 5 nitrogen and oxygen atoms in total. The van der Waals surface area contributed by atoms with Crippen LogP contribution < -0.4 is 10.3 Å². The van der Waals surface area contributed by atoms with Crippen LogP contribution in [0, 0.1) is 18.3 Å². The highest BCUT2D eigenvalue weighted by Crippen LogP contribution is 2.19. The van der Waals surface area contributed by atoms with Crippen molar-refractivity contribution in [2.24, 2.45) is 0 Å². The van der Waals surface area contributed by atoms with Gasteiger partial charge in [0.05, 0.1) is 25.3 Å². The molecule has 102 valence electrons. The van der Waals surface area contributed by atoms with Crippen molar-refractivity contribution in [1.82, 2.24) is 9.55 Å². The Hall–Kier alpha value is -2.32. The minimum absolute atomic E-state index is 0.213. The van der Waals surface area contributed by atoms with Crippen molar-refractivity contribution in [3.05, 3.63) is 56.5 Å². The summed E-state index contributed by atoms with van der Waals surface area (Å²) in [5.74, 6) is 0. The number of aryl methyl sites for hydroxylation is 1. The normalized spacial score (nSPS) is 10.1. The second-order valence-electron chi connectivity index (χ2n) is 4.23. The second-order valence-corrected chi connectivity index (χ2v) is 4.63. The van der Waals surface area contributed by atoms with E-state index < -0.39 is 0 Å². The molecule has 0 aliphatic rings. The van der Waals surface area contributed by atoms with Gasteiger partial charge in [0, 0.05) is 16.8 Å². The Kier molecular flexibility index (Phi) is 4.06. The van der Waals surface area contributed by atoms with Crippen LogP contribution in [0.4, 0.5) is 0 Å². The number of nitrogens with zero attached hydrogens (tertiary/aromatic N) is 3. The van der Waals surface area contributed by atoms with Crippen LogP contribution in [-0.2, 0) is 6.54 Å². The average Bonchev–Trinajstić information content (AvgIpc) is 2.42. The fourth-order valence-corrected chi connectivity index (χ4v) is 2.05. The third-order valence-electron chi connectivity index (χ3n) is 2.79. The Labute approximate surface area is 121 Å². The van der Waals surface area contributed by atoms with Crippen LogP contribution in [0.15, 0.2) is 29.1 Å². The van der Waals surface area contributed by atoms with E-state index in [1.807, 2.05) is 6.07 Å². The lowest BCUT2D eigenvalue weighted by molar-refractivity contribution is 0.350. The van der Waals surface area contributed by atoms with E-state index in [4.69, 9.17) is 21.6 Å². The molecule has 0 spiro atoms. The zero-order valence-electron chi connectivity index (χ0n) is 11.1. The molecule has 2 aromatic rings. The number of benzene rings is 1. The van der Waals surface area contributed by atoms with Gasteiger partial charge >= 0.3 is 0 Å². The average molecular weight is 290 g/mol. The Morgan fingerprint density at radius 2 is 2.20 bits per heavy atom. The highest BCUT2D eigenvalue weighted by Gasteiger charge is 2.10. The van der Waals surface area contributed by atoms with Gasteiger partial charge in [-0.2, -0.15) is 5.26 Å². The van der Waals surface area contributed by atoms with Gasteiger partial charge in [-0.15, -0.1) is 0 Å². The molecule has 0 bridgehead atoms. The van der Waals surface area contributed by atoms with Gasteiger partial charge in [0.2, 0.25) is 0 Å². The number of methoxy groups -OCH3 is 1. The van der Waals surface area contributed by atoms with E-state index in [2.05, 4.69) is 4.98 Å². The summed E-state index contributed by atoms with van der Waals surface area (Å²) in [4.78, 5) is 16.2. The number of hydrogen-bond donors (Lipinski definition) is 0. The first-order valence-electron chi connectivity index (χ1n) is 5.86. The van der Waals surface area contributed by atoms with Crippen LogP contribution in [0.5, 0.6) is 6.01 Å². The Balaban J connectivity index is 2.45. The largest absolute Gasteiger partial charge is 0.468 e. The molecule has 1 aromatic heterocycles. The van der Waals surface area contributed by atoms with Gasteiger partial charge in [0.15, 0.2) is 0 Å². The number of ether oxygens (including phenoxy) is 1. The maximum absolute atomic E-state index is 12.0. The number of aromatic nitrogens is 2. The summed E-state index contributed by atoms with van der Waals surface area (Å²) < 4.78 is 6.51. The van der Waals surface area contributed by atoms with Crippen LogP contribution >= 0.6 is 11.6 Å². The molecule has 0 fully saturated rings. The molecule has 1 heterocycles. The molecule has 0 aliphatic carbocycles. The van der Waals surface area contributed by atoms with E-state index >= 15 is 0 Å². The van der Waals surface area contributed by atoms with Crippen molar-refractivity contribution in [1.29, 1.82) is 5.26 Å². The quantitative estimate of drug-likeness (QED) is 0.868. The Bertz CT molecular complexity index is 747. The van der Waals surface area contributed by atoms with Crippen LogP contribution in [0.2, 0.25) is 5.02 Å². The summed E-state index contributed by atoms with van der Waals surface area (Å²) >= 11 is 6.11. The molecule has 0 aliphatic heterocycles. The smallest absolute Gasteiger partial charge is 0.299 e. The number of hydrogen-bond acceptors (Lipinski definition) is 4. The van der Waals surface area contributed by atoms with Gasteiger partial charge in [-0.05, 0) is 24.6 Å². The molecule has 0 unspecified atom stereocenters. The summed E-state index contributed by atoms with van der Waals surface area (Å²) in [7, 11) is 1.46. The molecular weight excluding hydrogens is 278 g/mol. The number of halogens is 1. The van der Waals surface area contributed by atoms with Gasteiger partial charge in [0.1, 0.15) is 0 Å². The zero-order chi connectivity index (χ0) is 14.7. The third-order valence-corrected chi connectivity index (χ3v) is 3.15. The van der Waals surface area contributed by atoms with Crippen molar-refractivity contribution in [3.63, 3.8) is 0 Å². The summed E-state index contributed by atoms with van der Waals surface area (Å²) in [5, 5.41) is 9.23. The van der Waals surface area contributed by atoms with Crippen molar-refractivity contribution in [3.8, 4) is 12.1 Å². The van der Waals surface area contributed by atoms with Gasteiger partial charge in [-0.1, -0.05) is 17.7 Å². The SMILES string of the molecule is COc1nc(C)cc(=O)n1Cc1ccc(C#N)cc1Cl. The topological polar surface area (TPSA) is 67.9 Å². The molecule has 0 radical (unpaired) electrons. The molecule has 6 heteroatoms. The van der Waals surface area contributed by atoms with Crippen LogP contribution in [0.3, 0.4) is 0 Å². The number of nitriles is 1. The van der Waals surface area contributed by atoms with Crippen molar-refractivity contribution >= 4 is 11.6 Å². The van der Waals surface area contributed by atoms with Gasteiger partial charge in [-0.25, -0.2) is 4.98 Å². The zero-order valence-corrected chi connectivity index (χ0v) is 11.8. The summed E-state index contributed by atoms with van der Waals surface area (Å²) in [6.45, 7) is 1.96. The van der Waals surface area contributed by atoms with Crippen LogP contribution in [-0.4, -0.2) is 16.7 Å². The first-order chi connectivity index (χ1) is 9.55. The third kappa shape index (κ3) is 2.81. The lowest BCUT2D eigenvalue weighted by Crippen LogP contribution is -2.23.